The molecule has 0 fully saturated rings. The van der Waals surface area contributed by atoms with Gasteiger partial charge in [0.1, 0.15) is 0 Å². The van der Waals surface area contributed by atoms with Crippen molar-refractivity contribution in [1.29, 1.82) is 0 Å². The Kier molecular flexibility index (Phi) is 1.85. The zero-order valence-corrected chi connectivity index (χ0v) is 7.45. The van der Waals surface area contributed by atoms with E-state index in [0.717, 1.165) is 22.6 Å². The van der Waals surface area contributed by atoms with Gasteiger partial charge in [-0.25, -0.2) is 0 Å². The molecule has 0 aliphatic heterocycles. The number of rotatable bonds is 1. The number of carbonyl (C=O) groups is 1. The van der Waals surface area contributed by atoms with Crippen LogP contribution in [-0.4, -0.2) is 6.29 Å². The van der Waals surface area contributed by atoms with Crippen molar-refractivity contribution in [2.45, 2.75) is 6.92 Å². The van der Waals surface area contributed by atoms with Crippen LogP contribution < -0.4 is 0 Å². The van der Waals surface area contributed by atoms with E-state index in [2.05, 4.69) is 6.07 Å². The fraction of sp³-hybridized carbons (Fsp3) is 0.0833. The summed E-state index contributed by atoms with van der Waals surface area (Å²) in [4.78, 5) is 10.7. The van der Waals surface area contributed by atoms with Crippen molar-refractivity contribution in [2.75, 3.05) is 0 Å². The molecule has 1 nitrogen and oxygen atoms in total. The third kappa shape index (κ3) is 1.33. The van der Waals surface area contributed by atoms with Crippen LogP contribution in [0.25, 0.3) is 10.8 Å². The lowest BCUT2D eigenvalue weighted by atomic mass is 10.0. The van der Waals surface area contributed by atoms with Crippen LogP contribution in [0.2, 0.25) is 0 Å². The van der Waals surface area contributed by atoms with Crippen LogP contribution in [-0.2, 0) is 0 Å². The molecule has 0 radical (unpaired) electrons. The monoisotopic (exact) mass is 170 g/mol. The molecule has 0 saturated carbocycles. The van der Waals surface area contributed by atoms with Crippen LogP contribution >= 0.6 is 0 Å². The van der Waals surface area contributed by atoms with Gasteiger partial charge in [-0.15, -0.1) is 0 Å². The molecule has 0 aliphatic carbocycles. The maximum Gasteiger partial charge on any atom is 0.150 e. The summed E-state index contributed by atoms with van der Waals surface area (Å²) in [5.41, 5.74) is 1.98. The Balaban J connectivity index is 2.84. The highest BCUT2D eigenvalue weighted by Gasteiger charge is 1.98. The fourth-order valence-corrected chi connectivity index (χ4v) is 1.53. The second kappa shape index (κ2) is 3.02. The topological polar surface area (TPSA) is 17.1 Å². The lowest BCUT2D eigenvalue weighted by molar-refractivity contribution is 0.112. The molecule has 2 aromatic rings. The molecule has 13 heavy (non-hydrogen) atoms. The first-order chi connectivity index (χ1) is 6.31. The third-order valence-corrected chi connectivity index (χ3v) is 2.20. The van der Waals surface area contributed by atoms with Crippen molar-refractivity contribution in [3.63, 3.8) is 0 Å². The smallest absolute Gasteiger partial charge is 0.150 e. The average molecular weight is 170 g/mol. The summed E-state index contributed by atoms with van der Waals surface area (Å²) in [5, 5.41) is 2.16. The lowest BCUT2D eigenvalue weighted by Gasteiger charge is -2.01. The zero-order chi connectivity index (χ0) is 9.26. The summed E-state index contributed by atoms with van der Waals surface area (Å²) in [5.74, 6) is 0. The summed E-state index contributed by atoms with van der Waals surface area (Å²) in [6.07, 6.45) is 0.900. The van der Waals surface area contributed by atoms with Gasteiger partial charge in [0.2, 0.25) is 0 Å². The highest BCUT2D eigenvalue weighted by Crippen LogP contribution is 2.18. The second-order valence-corrected chi connectivity index (χ2v) is 3.19. The van der Waals surface area contributed by atoms with Crippen molar-refractivity contribution in [3.05, 3.63) is 47.5 Å². The number of hydrogen-bond donors (Lipinski definition) is 0. The molecule has 1 heteroatoms. The quantitative estimate of drug-likeness (QED) is 0.601. The Bertz CT molecular complexity index is 458. The van der Waals surface area contributed by atoms with Gasteiger partial charge in [0.25, 0.3) is 0 Å². The molecule has 0 N–H and O–H groups in total. The first-order valence-corrected chi connectivity index (χ1v) is 4.26. The molecule has 0 unspecified atom stereocenters. The van der Waals surface area contributed by atoms with Gasteiger partial charge >= 0.3 is 0 Å². The van der Waals surface area contributed by atoms with Gasteiger partial charge in [-0.2, -0.15) is 0 Å². The van der Waals surface area contributed by atoms with Crippen molar-refractivity contribution in [3.8, 4) is 0 Å². The van der Waals surface area contributed by atoms with E-state index in [1.807, 2.05) is 37.3 Å². The number of carbonyl (C=O) groups excluding carboxylic acids is 1. The fourth-order valence-electron chi connectivity index (χ4n) is 1.53. The molecule has 0 bridgehead atoms. The third-order valence-electron chi connectivity index (χ3n) is 2.20. The van der Waals surface area contributed by atoms with E-state index < -0.39 is 0 Å². The summed E-state index contributed by atoms with van der Waals surface area (Å²) in [6, 6.07) is 11.9. The molecule has 0 atom stereocenters. The van der Waals surface area contributed by atoms with E-state index in [-0.39, 0.29) is 0 Å². The second-order valence-electron chi connectivity index (χ2n) is 3.19. The van der Waals surface area contributed by atoms with Gasteiger partial charge < -0.3 is 0 Å². The van der Waals surface area contributed by atoms with E-state index in [0.29, 0.717) is 0 Å². The Labute approximate surface area is 77.0 Å². The summed E-state index contributed by atoms with van der Waals surface area (Å²) < 4.78 is 0. The van der Waals surface area contributed by atoms with Crippen LogP contribution in [0.1, 0.15) is 15.9 Å². The minimum absolute atomic E-state index is 0.762. The summed E-state index contributed by atoms with van der Waals surface area (Å²) in [7, 11) is 0. The van der Waals surface area contributed by atoms with Crippen molar-refractivity contribution < 1.29 is 4.79 Å². The van der Waals surface area contributed by atoms with Crippen molar-refractivity contribution >= 4 is 17.1 Å². The largest absolute Gasteiger partial charge is 0.298 e. The molecule has 64 valence electrons. The minimum atomic E-state index is 0.762. The van der Waals surface area contributed by atoms with E-state index in [9.17, 15) is 4.79 Å². The Morgan fingerprint density at radius 3 is 2.77 bits per heavy atom. The summed E-state index contributed by atoms with van der Waals surface area (Å²) in [6.45, 7) is 2.05. The summed E-state index contributed by atoms with van der Waals surface area (Å²) >= 11 is 0. The van der Waals surface area contributed by atoms with Crippen LogP contribution in [0.4, 0.5) is 0 Å². The molecular weight excluding hydrogens is 160 g/mol. The molecule has 0 heterocycles. The van der Waals surface area contributed by atoms with Crippen LogP contribution in [0.3, 0.4) is 0 Å². The lowest BCUT2D eigenvalue weighted by Crippen LogP contribution is -1.83. The minimum Gasteiger partial charge on any atom is -0.298 e. The molecule has 2 aromatic carbocycles. The number of aldehydes is 1. The van der Waals surface area contributed by atoms with Gasteiger partial charge in [0, 0.05) is 5.56 Å². The van der Waals surface area contributed by atoms with Crippen LogP contribution in [0, 0.1) is 6.92 Å². The van der Waals surface area contributed by atoms with Gasteiger partial charge in [-0.05, 0) is 17.7 Å². The maximum atomic E-state index is 10.7. The highest BCUT2D eigenvalue weighted by atomic mass is 16.1. The van der Waals surface area contributed by atoms with Crippen LogP contribution in [0.15, 0.2) is 36.4 Å². The Morgan fingerprint density at radius 2 is 2.00 bits per heavy atom. The molecular formula is C12H10O. The molecule has 0 aliphatic rings. The molecule has 0 saturated heterocycles. The first kappa shape index (κ1) is 7.99. The van der Waals surface area contributed by atoms with E-state index in [1.165, 1.54) is 5.56 Å². The molecule has 0 spiro atoms. The van der Waals surface area contributed by atoms with E-state index >= 15 is 0 Å². The van der Waals surface area contributed by atoms with Crippen molar-refractivity contribution in [2.24, 2.45) is 0 Å². The predicted octanol–water partition coefficient (Wildman–Crippen LogP) is 2.96. The molecule has 0 aromatic heterocycles. The normalized spacial score (nSPS) is 10.2. The SMILES string of the molecule is Cc1ccc2c(C=O)cccc2c1. The van der Waals surface area contributed by atoms with Gasteiger partial charge in [0.05, 0.1) is 0 Å². The van der Waals surface area contributed by atoms with Crippen molar-refractivity contribution in [1.82, 2.24) is 0 Å². The number of hydrogen-bond acceptors (Lipinski definition) is 1. The van der Waals surface area contributed by atoms with Gasteiger partial charge in [-0.3, -0.25) is 4.79 Å². The number of benzene rings is 2. The van der Waals surface area contributed by atoms with Gasteiger partial charge in [-0.1, -0.05) is 42.0 Å². The molecule has 0 amide bonds. The highest BCUT2D eigenvalue weighted by molar-refractivity contribution is 5.98. The average Bonchev–Trinajstić information content (AvgIpc) is 2.16. The number of aryl methyl sites for hydroxylation is 1. The Hall–Kier alpha value is -1.63. The standard InChI is InChI=1S/C12H10O/c1-9-5-6-12-10(7-9)3-2-4-11(12)8-13/h2-8H,1H3. The zero-order valence-electron chi connectivity index (χ0n) is 7.45. The van der Waals surface area contributed by atoms with Gasteiger partial charge in [0.15, 0.2) is 6.29 Å². The van der Waals surface area contributed by atoms with E-state index in [4.69, 9.17) is 0 Å². The predicted molar refractivity (Wildman–Crippen MR) is 54.1 cm³/mol. The van der Waals surface area contributed by atoms with Crippen LogP contribution in [0.5, 0.6) is 0 Å². The number of fused-ring (bicyclic) bond motifs is 1. The Morgan fingerprint density at radius 1 is 1.15 bits per heavy atom. The maximum absolute atomic E-state index is 10.7. The first-order valence-electron chi connectivity index (χ1n) is 4.26. The molecule has 2 rings (SSSR count). The van der Waals surface area contributed by atoms with E-state index in [1.54, 1.807) is 0 Å².